The predicted octanol–water partition coefficient (Wildman–Crippen LogP) is 4.61. The van der Waals surface area contributed by atoms with Crippen LogP contribution in [0.15, 0.2) is 57.8 Å². The van der Waals surface area contributed by atoms with E-state index in [0.29, 0.717) is 15.9 Å². The molecule has 94 valence electrons. The molecule has 0 amide bonds. The second-order valence-corrected chi connectivity index (χ2v) is 5.45. The molecule has 0 unspecified atom stereocenters. The van der Waals surface area contributed by atoms with Gasteiger partial charge in [-0.15, -0.1) is 0 Å². The highest BCUT2D eigenvalue weighted by molar-refractivity contribution is 9.10. The number of benzene rings is 2. The normalized spacial score (nSPS) is 10.8. The lowest BCUT2D eigenvalue weighted by atomic mass is 10.1. The van der Waals surface area contributed by atoms with Crippen LogP contribution in [0.1, 0.15) is 0 Å². The first-order valence-corrected chi connectivity index (χ1v) is 6.90. The van der Waals surface area contributed by atoms with Crippen molar-refractivity contribution in [1.82, 2.24) is 4.98 Å². The summed E-state index contributed by atoms with van der Waals surface area (Å²) in [6.45, 7) is 0. The average Bonchev–Trinajstić information content (AvgIpc) is 2.43. The van der Waals surface area contributed by atoms with E-state index in [-0.39, 0.29) is 5.43 Å². The van der Waals surface area contributed by atoms with Gasteiger partial charge in [0, 0.05) is 16.2 Å². The number of hydrogen-bond acceptors (Lipinski definition) is 1. The molecule has 3 aromatic rings. The Morgan fingerprint density at radius 1 is 1.05 bits per heavy atom. The summed E-state index contributed by atoms with van der Waals surface area (Å²) < 4.78 is 0.743. The molecule has 0 saturated heterocycles. The van der Waals surface area contributed by atoms with E-state index < -0.39 is 0 Å². The van der Waals surface area contributed by atoms with Crippen molar-refractivity contribution in [2.45, 2.75) is 0 Å². The van der Waals surface area contributed by atoms with Crippen molar-refractivity contribution in [3.63, 3.8) is 0 Å². The van der Waals surface area contributed by atoms with Gasteiger partial charge in [-0.25, -0.2) is 0 Å². The van der Waals surface area contributed by atoms with Crippen LogP contribution in [-0.2, 0) is 0 Å². The van der Waals surface area contributed by atoms with Crippen molar-refractivity contribution < 1.29 is 0 Å². The predicted molar refractivity (Wildman–Crippen MR) is 82.7 cm³/mol. The fourth-order valence-electron chi connectivity index (χ4n) is 2.06. The van der Waals surface area contributed by atoms with Crippen LogP contribution in [0.2, 0.25) is 5.02 Å². The molecule has 0 saturated carbocycles. The zero-order chi connectivity index (χ0) is 13.4. The summed E-state index contributed by atoms with van der Waals surface area (Å²) in [5.41, 5.74) is 2.32. The Bertz CT molecular complexity index is 811. The maximum atomic E-state index is 12.2. The number of pyridine rings is 1. The molecule has 4 heteroatoms. The van der Waals surface area contributed by atoms with Crippen LogP contribution in [0.4, 0.5) is 0 Å². The molecule has 2 nitrogen and oxygen atoms in total. The molecule has 0 aliphatic rings. The molecule has 2 aromatic carbocycles. The molecule has 0 atom stereocenters. The van der Waals surface area contributed by atoms with Gasteiger partial charge in [-0.3, -0.25) is 4.79 Å². The van der Waals surface area contributed by atoms with E-state index in [2.05, 4.69) is 20.9 Å². The van der Waals surface area contributed by atoms with E-state index in [4.69, 9.17) is 11.6 Å². The van der Waals surface area contributed by atoms with E-state index in [9.17, 15) is 4.79 Å². The van der Waals surface area contributed by atoms with Crippen molar-refractivity contribution in [2.75, 3.05) is 0 Å². The Morgan fingerprint density at radius 3 is 2.53 bits per heavy atom. The molecule has 1 N–H and O–H groups in total. The number of hydrogen-bond donors (Lipinski definition) is 1. The third kappa shape index (κ3) is 2.20. The summed E-state index contributed by atoms with van der Waals surface area (Å²) in [5, 5.41) is 1.11. The standard InChI is InChI=1S/C15H9BrClNO/c16-10-6-7-11(17)15-14(10)13(19)8-12(18-15)9-4-2-1-3-5-9/h1-8H,(H,18,19). The topological polar surface area (TPSA) is 32.9 Å². The lowest BCUT2D eigenvalue weighted by Crippen LogP contribution is -2.04. The van der Waals surface area contributed by atoms with Crippen LogP contribution in [-0.4, -0.2) is 4.98 Å². The number of halogens is 2. The number of aromatic amines is 1. The highest BCUT2D eigenvalue weighted by Crippen LogP contribution is 2.28. The van der Waals surface area contributed by atoms with Crippen LogP contribution in [0.25, 0.3) is 22.2 Å². The van der Waals surface area contributed by atoms with Gasteiger partial charge in [0.05, 0.1) is 15.9 Å². The summed E-state index contributed by atoms with van der Waals surface area (Å²) in [5.74, 6) is 0. The highest BCUT2D eigenvalue weighted by Gasteiger charge is 2.09. The first-order valence-electron chi connectivity index (χ1n) is 5.73. The maximum Gasteiger partial charge on any atom is 0.191 e. The number of nitrogens with one attached hydrogen (secondary N) is 1. The molecule has 0 aliphatic carbocycles. The Kier molecular flexibility index (Phi) is 3.17. The Morgan fingerprint density at radius 2 is 1.79 bits per heavy atom. The van der Waals surface area contributed by atoms with Gasteiger partial charge in [-0.05, 0) is 33.6 Å². The zero-order valence-electron chi connectivity index (χ0n) is 9.78. The number of fused-ring (bicyclic) bond motifs is 1. The van der Waals surface area contributed by atoms with Crippen LogP contribution in [0, 0.1) is 0 Å². The molecule has 3 rings (SSSR count). The summed E-state index contributed by atoms with van der Waals surface area (Å²) in [7, 11) is 0. The van der Waals surface area contributed by atoms with Gasteiger partial charge in [0.25, 0.3) is 0 Å². The van der Waals surface area contributed by atoms with Crippen LogP contribution < -0.4 is 5.43 Å². The maximum absolute atomic E-state index is 12.2. The van der Waals surface area contributed by atoms with Gasteiger partial charge in [-0.2, -0.15) is 0 Å². The SMILES string of the molecule is O=c1cc(-c2ccccc2)[nH]c2c(Cl)ccc(Br)c12. The molecule has 0 fully saturated rings. The highest BCUT2D eigenvalue weighted by atomic mass is 79.9. The molecule has 0 bridgehead atoms. The summed E-state index contributed by atoms with van der Waals surface area (Å²) in [6.07, 6.45) is 0. The lowest BCUT2D eigenvalue weighted by Gasteiger charge is -2.07. The minimum atomic E-state index is -0.0537. The number of H-pyrrole nitrogens is 1. The van der Waals surface area contributed by atoms with E-state index >= 15 is 0 Å². The minimum absolute atomic E-state index is 0.0537. The smallest absolute Gasteiger partial charge is 0.191 e. The average molecular weight is 335 g/mol. The monoisotopic (exact) mass is 333 g/mol. The van der Waals surface area contributed by atoms with E-state index in [1.807, 2.05) is 30.3 Å². The molecule has 0 aliphatic heterocycles. The summed E-state index contributed by atoms with van der Waals surface area (Å²) in [4.78, 5) is 15.5. The minimum Gasteiger partial charge on any atom is -0.353 e. The summed E-state index contributed by atoms with van der Waals surface area (Å²) >= 11 is 9.55. The van der Waals surface area contributed by atoms with Crippen LogP contribution in [0.3, 0.4) is 0 Å². The largest absolute Gasteiger partial charge is 0.353 e. The van der Waals surface area contributed by atoms with Gasteiger partial charge in [0.2, 0.25) is 0 Å². The van der Waals surface area contributed by atoms with E-state index in [0.717, 1.165) is 15.7 Å². The second kappa shape index (κ2) is 4.83. The lowest BCUT2D eigenvalue weighted by molar-refractivity contribution is 1.37. The third-order valence-corrected chi connectivity index (χ3v) is 3.95. The molecule has 0 spiro atoms. The zero-order valence-corrected chi connectivity index (χ0v) is 12.1. The van der Waals surface area contributed by atoms with Gasteiger partial charge >= 0.3 is 0 Å². The van der Waals surface area contributed by atoms with Crippen molar-refractivity contribution in [1.29, 1.82) is 0 Å². The van der Waals surface area contributed by atoms with E-state index in [1.165, 1.54) is 0 Å². The van der Waals surface area contributed by atoms with Gasteiger partial charge in [0.1, 0.15) is 0 Å². The van der Waals surface area contributed by atoms with Gasteiger partial charge in [0.15, 0.2) is 5.43 Å². The molecule has 0 radical (unpaired) electrons. The van der Waals surface area contributed by atoms with Crippen molar-refractivity contribution >= 4 is 38.4 Å². The Hall–Kier alpha value is -1.58. The van der Waals surface area contributed by atoms with Crippen molar-refractivity contribution in [3.05, 3.63) is 68.2 Å². The summed E-state index contributed by atoms with van der Waals surface area (Å²) in [6, 6.07) is 14.8. The molecule has 1 aromatic heterocycles. The van der Waals surface area contributed by atoms with Crippen LogP contribution >= 0.6 is 27.5 Å². The van der Waals surface area contributed by atoms with Crippen LogP contribution in [0.5, 0.6) is 0 Å². The Balaban J connectivity index is 2.38. The second-order valence-electron chi connectivity index (χ2n) is 4.19. The fourth-order valence-corrected chi connectivity index (χ4v) is 2.79. The molecule has 19 heavy (non-hydrogen) atoms. The third-order valence-electron chi connectivity index (χ3n) is 2.97. The fraction of sp³-hybridized carbons (Fsp3) is 0. The first-order chi connectivity index (χ1) is 9.16. The van der Waals surface area contributed by atoms with Crippen molar-refractivity contribution in [2.24, 2.45) is 0 Å². The molecule has 1 heterocycles. The van der Waals surface area contributed by atoms with Gasteiger partial charge in [-0.1, -0.05) is 41.9 Å². The molecular weight excluding hydrogens is 326 g/mol. The number of aromatic nitrogens is 1. The van der Waals surface area contributed by atoms with Gasteiger partial charge < -0.3 is 4.98 Å². The Labute approximate surface area is 123 Å². The number of rotatable bonds is 1. The quantitative estimate of drug-likeness (QED) is 0.692. The molecular formula is C15H9BrClNO. The van der Waals surface area contributed by atoms with Crippen molar-refractivity contribution in [3.8, 4) is 11.3 Å². The van der Waals surface area contributed by atoms with E-state index in [1.54, 1.807) is 18.2 Å². The first kappa shape index (κ1) is 12.5.